The Labute approximate surface area is 343 Å². The monoisotopic (exact) mass is 801 g/mol. The molecule has 3 heterocycles. The number of likely N-dealkylation sites (tertiary alicyclic amines) is 1. The molecule has 1 fully saturated rings. The van der Waals surface area contributed by atoms with Gasteiger partial charge in [-0.25, -0.2) is 14.8 Å². The van der Waals surface area contributed by atoms with Gasteiger partial charge in [0, 0.05) is 62.1 Å². The number of guanidine groups is 1. The Hall–Kier alpha value is -5.47. The third kappa shape index (κ3) is 13.3. The lowest BCUT2D eigenvalue weighted by Crippen LogP contribution is -2.51. The van der Waals surface area contributed by atoms with Gasteiger partial charge in [-0.15, -0.1) is 0 Å². The smallest absolute Gasteiger partial charge is 0.325 e. The minimum atomic E-state index is -0.778. The summed E-state index contributed by atoms with van der Waals surface area (Å²) in [6.45, 7) is 17.2. The molecule has 5 amide bonds. The lowest BCUT2D eigenvalue weighted by molar-refractivity contribution is -0.142. The second-order valence-electron chi connectivity index (χ2n) is 15.4. The fraction of sp³-hybridized carbons (Fsp3) is 0.558. The maximum Gasteiger partial charge on any atom is 0.325 e. The van der Waals surface area contributed by atoms with Gasteiger partial charge in [0.2, 0.25) is 23.7 Å². The number of benzene rings is 1. The molecule has 1 aromatic heterocycles. The first-order valence-corrected chi connectivity index (χ1v) is 20.4. The molecule has 58 heavy (non-hydrogen) atoms. The molecular weight excluding hydrogens is 739 g/mol. The highest BCUT2D eigenvalue weighted by atomic mass is 16.2. The predicted molar refractivity (Wildman–Crippen MR) is 228 cm³/mol. The van der Waals surface area contributed by atoms with Crippen LogP contribution in [0.15, 0.2) is 46.5 Å². The number of aliphatic imine (C=N–C) groups is 2. The minimum Gasteiger partial charge on any atom is -0.345 e. The second kappa shape index (κ2) is 22.5. The highest BCUT2D eigenvalue weighted by Gasteiger charge is 2.39. The van der Waals surface area contributed by atoms with Gasteiger partial charge in [-0.3, -0.25) is 33.9 Å². The third-order valence-corrected chi connectivity index (χ3v) is 10.00. The summed E-state index contributed by atoms with van der Waals surface area (Å²) < 4.78 is 0. The summed E-state index contributed by atoms with van der Waals surface area (Å²) in [7, 11) is 1.65. The van der Waals surface area contributed by atoms with E-state index in [-0.39, 0.29) is 55.0 Å². The Morgan fingerprint density at radius 1 is 0.983 bits per heavy atom. The number of urea groups is 1. The molecule has 0 spiro atoms. The first-order chi connectivity index (χ1) is 27.5. The Morgan fingerprint density at radius 2 is 1.71 bits per heavy atom. The van der Waals surface area contributed by atoms with Crippen LogP contribution in [-0.2, 0) is 19.2 Å². The predicted octanol–water partition coefficient (Wildman–Crippen LogP) is 5.56. The molecule has 3 atom stereocenters. The average Bonchev–Trinajstić information content (AvgIpc) is 3.69. The molecule has 316 valence electrons. The highest BCUT2D eigenvalue weighted by Crippen LogP contribution is 2.29. The number of hydrogen-bond donors (Lipinski definition) is 3. The summed E-state index contributed by atoms with van der Waals surface area (Å²) in [6, 6.07) is 7.24. The molecule has 0 saturated carbocycles. The van der Waals surface area contributed by atoms with E-state index in [0.717, 1.165) is 16.9 Å². The molecular formula is C43H63N9O6. The van der Waals surface area contributed by atoms with Crippen LogP contribution in [-0.4, -0.2) is 108 Å². The van der Waals surface area contributed by atoms with Gasteiger partial charge in [-0.2, -0.15) is 0 Å². The topological polar surface area (TPSA) is 186 Å². The number of aromatic nitrogens is 1. The van der Waals surface area contributed by atoms with Crippen LogP contribution in [0.3, 0.4) is 0 Å². The number of aryl methyl sites for hydroxylation is 2. The van der Waals surface area contributed by atoms with Crippen molar-refractivity contribution in [1.29, 1.82) is 0 Å². The molecule has 15 nitrogen and oxygen atoms in total. The fourth-order valence-corrected chi connectivity index (χ4v) is 6.72. The number of rotatable bonds is 14. The number of amides is 5. The van der Waals surface area contributed by atoms with Crippen molar-refractivity contribution in [3.63, 3.8) is 0 Å². The lowest BCUT2D eigenvalue weighted by atomic mass is 9.87. The Balaban J connectivity index is 0.00000443. The van der Waals surface area contributed by atoms with Gasteiger partial charge in [0.25, 0.3) is 0 Å². The number of Topliss-reactive ketones (excluding diaryl/α,β-unsaturated/α-hetero) is 2. The van der Waals surface area contributed by atoms with E-state index in [0.29, 0.717) is 56.0 Å². The van der Waals surface area contributed by atoms with E-state index in [1.54, 1.807) is 42.6 Å². The van der Waals surface area contributed by atoms with Crippen molar-refractivity contribution < 1.29 is 28.8 Å². The molecule has 2 aliphatic rings. The van der Waals surface area contributed by atoms with Gasteiger partial charge in [0.05, 0.1) is 24.5 Å². The normalized spacial score (nSPS) is 16.9. The van der Waals surface area contributed by atoms with Crippen LogP contribution in [0.1, 0.15) is 102 Å². The first-order valence-electron chi connectivity index (χ1n) is 20.4. The number of anilines is 2. The molecule has 0 aliphatic carbocycles. The Bertz CT molecular complexity index is 1820. The molecule has 2 aromatic rings. The van der Waals surface area contributed by atoms with Crippen molar-refractivity contribution in [2.75, 3.05) is 43.6 Å². The minimum absolute atomic E-state index is 0.0332. The van der Waals surface area contributed by atoms with Gasteiger partial charge in [0.15, 0.2) is 11.6 Å². The molecule has 0 unspecified atom stereocenters. The number of nitrogens with one attached hydrogen (secondary N) is 3. The summed E-state index contributed by atoms with van der Waals surface area (Å²) in [5, 5.41) is 8.47. The van der Waals surface area contributed by atoms with E-state index >= 15 is 0 Å². The van der Waals surface area contributed by atoms with Crippen molar-refractivity contribution in [2.45, 2.75) is 107 Å². The number of pyridine rings is 1. The molecule has 0 radical (unpaired) electrons. The quantitative estimate of drug-likeness (QED) is 0.208. The number of hydrogen-bond acceptors (Lipinski definition) is 10. The molecule has 15 heteroatoms. The van der Waals surface area contributed by atoms with E-state index in [2.05, 4.69) is 30.9 Å². The molecule has 0 bridgehead atoms. The average molecular weight is 802 g/mol. The van der Waals surface area contributed by atoms with Crippen molar-refractivity contribution >= 4 is 58.9 Å². The highest BCUT2D eigenvalue weighted by molar-refractivity contribution is 6.02. The summed E-state index contributed by atoms with van der Waals surface area (Å²) in [4.78, 5) is 97.5. The maximum atomic E-state index is 14.0. The molecule has 1 saturated heterocycles. The number of carbonyl (C=O) groups excluding carboxylic acids is 6. The standard InChI is InChI=1S/C41H57N9O6.C2H6/c1-25(2)19-33(29(7)51)47-37(53)23-44-38(54)34-11-9-17-49(34)39(55)32(26(3)4)21-36(52)30-14-12-27(5)35(20-30)50-18-10-16-42-40(45-24-48(8)41(50)56)46-31-15-13-28(6)43-22-31;1-2/h12-16,20,22,25-26,32-34H,9-11,17-19,21,23-24H2,1-8H3,(H,44,54)(H,45,46)(H,47,53);1-2H3/t32-,33-,34+;/m0./s1. The van der Waals surface area contributed by atoms with Crippen LogP contribution in [0.5, 0.6) is 0 Å². The van der Waals surface area contributed by atoms with Crippen LogP contribution in [0, 0.1) is 31.6 Å². The second-order valence-corrected chi connectivity index (χ2v) is 15.4. The summed E-state index contributed by atoms with van der Waals surface area (Å²) in [5.74, 6) is -2.01. The van der Waals surface area contributed by atoms with Crippen LogP contribution >= 0.6 is 0 Å². The van der Waals surface area contributed by atoms with E-state index in [9.17, 15) is 28.8 Å². The largest absolute Gasteiger partial charge is 0.345 e. The zero-order valence-corrected chi connectivity index (χ0v) is 35.9. The van der Waals surface area contributed by atoms with E-state index in [4.69, 9.17) is 0 Å². The van der Waals surface area contributed by atoms with Crippen molar-refractivity contribution in [3.8, 4) is 0 Å². The van der Waals surface area contributed by atoms with Gasteiger partial charge < -0.3 is 25.8 Å². The van der Waals surface area contributed by atoms with E-state index in [1.165, 1.54) is 16.7 Å². The van der Waals surface area contributed by atoms with Crippen LogP contribution < -0.4 is 20.9 Å². The Kier molecular flexibility index (Phi) is 18.2. The number of ketones is 2. The van der Waals surface area contributed by atoms with E-state index < -0.39 is 29.8 Å². The van der Waals surface area contributed by atoms with Crippen LogP contribution in [0.2, 0.25) is 0 Å². The molecule has 3 N–H and O–H groups in total. The lowest BCUT2D eigenvalue weighted by Gasteiger charge is -2.30. The SMILES string of the molecule is CC.CC(=O)[C@H](CC(C)C)NC(=O)CNC(=O)[C@H]1CCCN1C(=O)[C@@H](CC(=O)c1ccc(C)c(N2CCC=NC(Nc3ccc(C)nc3)=NCN(C)C2=O)c1)C(C)C. The summed E-state index contributed by atoms with van der Waals surface area (Å²) in [6.07, 6.45) is 5.24. The third-order valence-electron chi connectivity index (χ3n) is 10.00. The van der Waals surface area contributed by atoms with E-state index in [1.807, 2.05) is 67.5 Å². The number of nitrogens with zero attached hydrogens (tertiary/aromatic N) is 6. The van der Waals surface area contributed by atoms with Crippen molar-refractivity contribution in [3.05, 3.63) is 53.3 Å². The number of carbonyl (C=O) groups is 6. The van der Waals surface area contributed by atoms with Crippen LogP contribution in [0.25, 0.3) is 0 Å². The van der Waals surface area contributed by atoms with Crippen molar-refractivity contribution in [2.24, 2.45) is 27.7 Å². The zero-order chi connectivity index (χ0) is 43.1. The molecule has 1 aromatic carbocycles. The molecule has 2 aliphatic heterocycles. The fourth-order valence-electron chi connectivity index (χ4n) is 6.72. The molecule has 4 rings (SSSR count). The summed E-state index contributed by atoms with van der Waals surface area (Å²) in [5.41, 5.74) is 3.34. The maximum absolute atomic E-state index is 14.0. The van der Waals surface area contributed by atoms with Gasteiger partial charge in [-0.1, -0.05) is 53.7 Å². The van der Waals surface area contributed by atoms with Crippen LogP contribution in [0.4, 0.5) is 16.2 Å². The van der Waals surface area contributed by atoms with Gasteiger partial charge >= 0.3 is 6.03 Å². The van der Waals surface area contributed by atoms with Gasteiger partial charge in [0.1, 0.15) is 12.7 Å². The van der Waals surface area contributed by atoms with Gasteiger partial charge in [-0.05, 0) is 75.6 Å². The Morgan fingerprint density at radius 3 is 2.34 bits per heavy atom. The zero-order valence-electron chi connectivity index (χ0n) is 35.9. The summed E-state index contributed by atoms with van der Waals surface area (Å²) >= 11 is 0. The van der Waals surface area contributed by atoms with Crippen molar-refractivity contribution in [1.82, 2.24) is 25.4 Å². The first kappa shape index (κ1) is 46.9.